The van der Waals surface area contributed by atoms with Gasteiger partial charge >= 0.3 is 0 Å². The van der Waals surface area contributed by atoms with E-state index in [1.807, 2.05) is 6.07 Å². The highest BCUT2D eigenvalue weighted by molar-refractivity contribution is 7.70. The van der Waals surface area contributed by atoms with E-state index in [1.54, 1.807) is 0 Å². The van der Waals surface area contributed by atoms with Gasteiger partial charge in [0.2, 0.25) is 10.9 Å². The molecule has 0 spiro atoms. The zero-order chi connectivity index (χ0) is 21.8. The number of thiol groups is 1. The molecule has 7 nitrogen and oxygen atoms in total. The normalized spacial score (nSPS) is 11.0. The van der Waals surface area contributed by atoms with Crippen LogP contribution < -0.4 is 4.72 Å². The molecule has 0 saturated carbocycles. The predicted octanol–water partition coefficient (Wildman–Crippen LogP) is 2.71. The Hall–Kier alpha value is -3.00. The lowest BCUT2D eigenvalue weighted by molar-refractivity contribution is 0.103. The summed E-state index contributed by atoms with van der Waals surface area (Å²) in [4.78, 5) is 21.0. The van der Waals surface area contributed by atoms with E-state index in [0.29, 0.717) is 5.52 Å². The molecule has 11 heteroatoms. The average molecular weight is 451 g/mol. The second kappa shape index (κ2) is 9.21. The van der Waals surface area contributed by atoms with E-state index < -0.39 is 33.9 Å². The van der Waals surface area contributed by atoms with Crippen molar-refractivity contribution in [2.24, 2.45) is 0 Å². The summed E-state index contributed by atoms with van der Waals surface area (Å²) in [6, 6.07) is 6.88. The lowest BCUT2D eigenvalue weighted by Crippen LogP contribution is -2.14. The van der Waals surface area contributed by atoms with Crippen LogP contribution in [0.1, 0.15) is 33.6 Å². The molecule has 0 saturated heterocycles. The molecule has 0 aliphatic rings. The van der Waals surface area contributed by atoms with Crippen LogP contribution in [-0.2, 0) is 17.3 Å². The Morgan fingerprint density at radius 3 is 2.70 bits per heavy atom. The van der Waals surface area contributed by atoms with Gasteiger partial charge in [0.1, 0.15) is 6.07 Å². The number of rotatable bonds is 7. The smallest absolute Gasteiger partial charge is 0.201 e. The van der Waals surface area contributed by atoms with E-state index in [0.717, 1.165) is 6.07 Å². The lowest BCUT2D eigenvalue weighted by Gasteiger charge is -2.12. The van der Waals surface area contributed by atoms with Crippen molar-refractivity contribution >= 4 is 39.3 Å². The Balaban J connectivity index is 1.98. The van der Waals surface area contributed by atoms with Crippen molar-refractivity contribution < 1.29 is 22.0 Å². The van der Waals surface area contributed by atoms with Crippen LogP contribution in [0, 0.1) is 23.0 Å². The SMILES string of the molecule is N#Cc1cnc2ccc(C(=O)c3c(F)c(F)cc(CCCN[SH](=O)=O)c3Cl)cc2n1. The third-order valence-corrected chi connectivity index (χ3v) is 5.15. The number of halogens is 3. The van der Waals surface area contributed by atoms with Crippen LogP contribution in [0.5, 0.6) is 0 Å². The van der Waals surface area contributed by atoms with Crippen molar-refractivity contribution in [1.82, 2.24) is 14.7 Å². The Morgan fingerprint density at radius 2 is 2.00 bits per heavy atom. The molecule has 3 aromatic rings. The zero-order valence-electron chi connectivity index (χ0n) is 15.2. The second-order valence-electron chi connectivity index (χ2n) is 6.19. The summed E-state index contributed by atoms with van der Waals surface area (Å²) >= 11 is 6.20. The molecule has 1 N–H and O–H groups in total. The maximum atomic E-state index is 14.5. The van der Waals surface area contributed by atoms with Gasteiger partial charge < -0.3 is 0 Å². The first kappa shape index (κ1) is 21.7. The van der Waals surface area contributed by atoms with Crippen molar-refractivity contribution in [3.05, 3.63) is 69.5 Å². The summed E-state index contributed by atoms with van der Waals surface area (Å²) < 4.78 is 51.8. The number of nitrogens with one attached hydrogen (secondary N) is 1. The Kier molecular flexibility index (Phi) is 6.66. The van der Waals surface area contributed by atoms with Gasteiger partial charge in [0.15, 0.2) is 23.1 Å². The van der Waals surface area contributed by atoms with Crippen molar-refractivity contribution in [3.8, 4) is 6.07 Å². The summed E-state index contributed by atoms with van der Waals surface area (Å²) in [7, 11) is -2.77. The van der Waals surface area contributed by atoms with E-state index in [1.165, 1.54) is 24.4 Å². The van der Waals surface area contributed by atoms with Crippen molar-refractivity contribution in [1.29, 1.82) is 5.26 Å². The molecule has 0 atom stereocenters. The van der Waals surface area contributed by atoms with Crippen LogP contribution in [0.3, 0.4) is 0 Å². The zero-order valence-corrected chi connectivity index (χ0v) is 16.8. The van der Waals surface area contributed by atoms with Gasteiger partial charge in [-0.05, 0) is 42.7 Å². The van der Waals surface area contributed by atoms with E-state index in [2.05, 4.69) is 14.7 Å². The Labute approximate surface area is 176 Å². The van der Waals surface area contributed by atoms with E-state index >= 15 is 0 Å². The highest BCUT2D eigenvalue weighted by atomic mass is 35.5. The monoisotopic (exact) mass is 450 g/mol. The minimum atomic E-state index is -2.77. The minimum Gasteiger partial charge on any atom is -0.288 e. The van der Waals surface area contributed by atoms with Crippen LogP contribution in [-0.4, -0.2) is 30.7 Å². The summed E-state index contributed by atoms with van der Waals surface area (Å²) in [5.74, 6) is -3.48. The topological polar surface area (TPSA) is 113 Å². The molecule has 0 unspecified atom stereocenters. The first-order valence-corrected chi connectivity index (χ1v) is 10.1. The molecule has 0 bridgehead atoms. The van der Waals surface area contributed by atoms with Gasteiger partial charge in [0.05, 0.1) is 27.8 Å². The Bertz CT molecular complexity index is 1270. The van der Waals surface area contributed by atoms with Gasteiger partial charge in [-0.15, -0.1) is 0 Å². The number of hydrogen-bond acceptors (Lipinski definition) is 6. The quantitative estimate of drug-likeness (QED) is 0.248. The number of hydrogen-bond donors (Lipinski definition) is 2. The van der Waals surface area contributed by atoms with E-state index in [-0.39, 0.29) is 46.7 Å². The highest BCUT2D eigenvalue weighted by Gasteiger charge is 2.24. The standard InChI is InChI=1S/C19H13ClF2N4O3S/c20-17-10(2-1-5-25-30(28)29)6-13(21)18(22)16(17)19(27)11-3-4-14-15(7-11)26-12(8-23)9-24-14/h3-4,6-7,9,30H,1-2,5H2,(H,25,28,29). The van der Waals surface area contributed by atoms with Gasteiger partial charge in [0.25, 0.3) is 0 Å². The molecule has 30 heavy (non-hydrogen) atoms. The summed E-state index contributed by atoms with van der Waals surface area (Å²) in [5, 5.41) is 8.69. The number of nitriles is 1. The summed E-state index contributed by atoms with van der Waals surface area (Å²) in [6.45, 7) is 0.0852. The van der Waals surface area contributed by atoms with Crippen molar-refractivity contribution in [2.45, 2.75) is 12.8 Å². The number of carbonyl (C=O) groups is 1. The van der Waals surface area contributed by atoms with Crippen LogP contribution >= 0.6 is 11.6 Å². The Morgan fingerprint density at radius 1 is 1.23 bits per heavy atom. The van der Waals surface area contributed by atoms with Gasteiger partial charge in [-0.3, -0.25) is 9.78 Å². The summed E-state index contributed by atoms with van der Waals surface area (Å²) in [6.07, 6.45) is 1.67. The molecule has 0 amide bonds. The molecule has 0 aliphatic carbocycles. The lowest BCUT2D eigenvalue weighted by atomic mass is 9.98. The summed E-state index contributed by atoms with van der Waals surface area (Å²) in [5.41, 5.74) is 0.242. The molecule has 1 aromatic heterocycles. The number of aryl methyl sites for hydroxylation is 1. The molecule has 3 rings (SSSR count). The highest BCUT2D eigenvalue weighted by Crippen LogP contribution is 2.30. The fourth-order valence-electron chi connectivity index (χ4n) is 2.84. The third kappa shape index (κ3) is 4.59. The third-order valence-electron chi connectivity index (χ3n) is 4.24. The number of benzene rings is 2. The number of ketones is 1. The van der Waals surface area contributed by atoms with Crippen molar-refractivity contribution in [2.75, 3.05) is 6.54 Å². The first-order valence-electron chi connectivity index (χ1n) is 8.57. The number of aromatic nitrogens is 2. The number of carbonyl (C=O) groups excluding carboxylic acids is 1. The van der Waals surface area contributed by atoms with Crippen molar-refractivity contribution in [3.63, 3.8) is 0 Å². The molecular weight excluding hydrogens is 438 g/mol. The molecule has 0 radical (unpaired) electrons. The van der Waals surface area contributed by atoms with Gasteiger partial charge in [-0.25, -0.2) is 26.9 Å². The van der Waals surface area contributed by atoms with Gasteiger partial charge in [-0.2, -0.15) is 5.26 Å². The predicted molar refractivity (Wildman–Crippen MR) is 106 cm³/mol. The van der Waals surface area contributed by atoms with E-state index in [9.17, 15) is 22.0 Å². The van der Waals surface area contributed by atoms with Crippen LogP contribution in [0.25, 0.3) is 11.0 Å². The number of nitrogens with zero attached hydrogens (tertiary/aromatic N) is 3. The van der Waals surface area contributed by atoms with E-state index in [4.69, 9.17) is 16.9 Å². The first-order chi connectivity index (χ1) is 14.3. The largest absolute Gasteiger partial charge is 0.288 e. The molecule has 0 aliphatic heterocycles. The fraction of sp³-hybridized carbons (Fsp3) is 0.158. The second-order valence-corrected chi connectivity index (χ2v) is 7.40. The van der Waals surface area contributed by atoms with Crippen LogP contribution in [0.2, 0.25) is 5.02 Å². The van der Waals surface area contributed by atoms with Gasteiger partial charge in [-0.1, -0.05) is 11.6 Å². The van der Waals surface area contributed by atoms with Crippen LogP contribution in [0.15, 0.2) is 30.5 Å². The molecule has 1 heterocycles. The maximum Gasteiger partial charge on any atom is 0.201 e. The number of fused-ring (bicyclic) bond motifs is 1. The molecule has 2 aromatic carbocycles. The maximum absolute atomic E-state index is 14.5. The van der Waals surface area contributed by atoms with Crippen LogP contribution in [0.4, 0.5) is 8.78 Å². The fourth-order valence-corrected chi connectivity index (χ4v) is 3.50. The molecular formula is C19H13ClF2N4O3S. The average Bonchev–Trinajstić information content (AvgIpc) is 2.73. The van der Waals surface area contributed by atoms with Gasteiger partial charge in [0, 0.05) is 12.1 Å². The minimum absolute atomic E-state index is 0.00532. The molecule has 0 fully saturated rings. The molecule has 154 valence electrons.